The van der Waals surface area contributed by atoms with Gasteiger partial charge in [0.05, 0.1) is 9.79 Å². The number of nitrogens with one attached hydrogen (secondary N) is 1. The van der Waals surface area contributed by atoms with Gasteiger partial charge in [-0.15, -0.1) is 0 Å². The fourth-order valence-corrected chi connectivity index (χ4v) is 4.77. The molecular formula is C18H23N3O6S2. The minimum atomic E-state index is -4.41. The van der Waals surface area contributed by atoms with Crippen LogP contribution in [0.2, 0.25) is 0 Å². The first-order valence-corrected chi connectivity index (χ1v) is 11.5. The molecule has 9 nitrogen and oxygen atoms in total. The van der Waals surface area contributed by atoms with Crippen LogP contribution < -0.4 is 10.5 Å². The molecule has 11 heteroatoms. The van der Waals surface area contributed by atoms with Crippen molar-refractivity contribution in [2.24, 2.45) is 5.73 Å². The Morgan fingerprint density at radius 1 is 0.966 bits per heavy atom. The van der Waals surface area contributed by atoms with Crippen molar-refractivity contribution in [3.63, 3.8) is 0 Å². The van der Waals surface area contributed by atoms with Gasteiger partial charge in [-0.2, -0.15) is 0 Å². The number of carbonyl (C=O) groups excluding carboxylic acids is 1. The Balaban J connectivity index is 2.12. The lowest BCUT2D eigenvalue weighted by molar-refractivity contribution is -0.131. The quantitative estimate of drug-likeness (QED) is 0.493. The van der Waals surface area contributed by atoms with Crippen LogP contribution in [0.3, 0.4) is 0 Å². The van der Waals surface area contributed by atoms with Gasteiger partial charge in [-0.05, 0) is 44.5 Å². The molecule has 0 saturated heterocycles. The standard InChI is InChI=1S/C18H23N3O6S2/c1-13-3-7-15(8-4-13)28(24,25)20-12-11-17(18(19)22)21(23)29(26,27)16-9-5-14(2)6-10-16/h3-10,17,20,23H,11-12H2,1-2H3,(H2,19,22)/t17-/m0/s1. The second kappa shape index (κ2) is 9.01. The van der Waals surface area contributed by atoms with E-state index in [4.69, 9.17) is 5.73 Å². The number of hydrogen-bond acceptors (Lipinski definition) is 6. The Morgan fingerprint density at radius 3 is 1.86 bits per heavy atom. The van der Waals surface area contributed by atoms with Crippen LogP contribution in [0.5, 0.6) is 0 Å². The first-order valence-electron chi connectivity index (χ1n) is 8.61. The molecule has 1 amide bonds. The van der Waals surface area contributed by atoms with Crippen LogP contribution in [-0.4, -0.2) is 45.0 Å². The third-order valence-electron chi connectivity index (χ3n) is 4.20. The van der Waals surface area contributed by atoms with Crippen LogP contribution in [0.25, 0.3) is 0 Å². The third kappa shape index (κ3) is 5.61. The van der Waals surface area contributed by atoms with Crippen molar-refractivity contribution >= 4 is 26.0 Å². The molecule has 2 aromatic carbocycles. The fraction of sp³-hybridized carbons (Fsp3) is 0.278. The smallest absolute Gasteiger partial charge is 0.265 e. The van der Waals surface area contributed by atoms with Crippen LogP contribution in [-0.2, 0) is 24.8 Å². The van der Waals surface area contributed by atoms with Crippen molar-refractivity contribution in [2.75, 3.05) is 6.54 Å². The molecule has 0 heterocycles. The van der Waals surface area contributed by atoms with Crippen LogP contribution in [0.1, 0.15) is 17.5 Å². The maximum atomic E-state index is 12.5. The van der Waals surface area contributed by atoms with E-state index in [1.807, 2.05) is 6.92 Å². The number of hydrogen-bond donors (Lipinski definition) is 3. The molecule has 1 atom stereocenters. The summed E-state index contributed by atoms with van der Waals surface area (Å²) in [5.41, 5.74) is 6.93. The number of aryl methyl sites for hydroxylation is 2. The summed E-state index contributed by atoms with van der Waals surface area (Å²) >= 11 is 0. The van der Waals surface area contributed by atoms with Gasteiger partial charge in [-0.3, -0.25) is 10.0 Å². The molecule has 158 valence electrons. The molecule has 2 aromatic rings. The van der Waals surface area contributed by atoms with Crippen LogP contribution >= 0.6 is 0 Å². The SMILES string of the molecule is Cc1ccc(S(=O)(=O)NCC[C@@H](C(N)=O)N(O)S(=O)(=O)c2ccc(C)cc2)cc1. The first-order chi connectivity index (χ1) is 13.4. The van der Waals surface area contributed by atoms with Crippen molar-refractivity contribution in [1.29, 1.82) is 0 Å². The molecule has 0 radical (unpaired) electrons. The Kier molecular flexibility index (Phi) is 7.14. The minimum absolute atomic E-state index is 0.0202. The number of sulfonamides is 2. The fourth-order valence-electron chi connectivity index (χ4n) is 2.48. The highest BCUT2D eigenvalue weighted by Gasteiger charge is 2.34. The lowest BCUT2D eigenvalue weighted by Gasteiger charge is -2.23. The summed E-state index contributed by atoms with van der Waals surface area (Å²) in [5, 5.41) is 10.2. The number of nitrogens with zero attached hydrogens (tertiary/aromatic N) is 1. The molecule has 29 heavy (non-hydrogen) atoms. The second-order valence-electron chi connectivity index (χ2n) is 6.51. The van der Waals surface area contributed by atoms with E-state index in [1.165, 1.54) is 36.4 Å². The van der Waals surface area contributed by atoms with E-state index in [2.05, 4.69) is 4.72 Å². The Bertz CT molecular complexity index is 1070. The summed E-state index contributed by atoms with van der Waals surface area (Å²) in [7, 11) is -8.28. The normalized spacial score (nSPS) is 13.4. The highest BCUT2D eigenvalue weighted by molar-refractivity contribution is 7.89. The van der Waals surface area contributed by atoms with Gasteiger partial charge < -0.3 is 5.73 Å². The number of primary amides is 1. The van der Waals surface area contributed by atoms with Crippen LogP contribution in [0, 0.1) is 13.8 Å². The van der Waals surface area contributed by atoms with Crippen molar-refractivity contribution in [1.82, 2.24) is 9.19 Å². The summed E-state index contributed by atoms with van der Waals surface area (Å²) in [5.74, 6) is -1.11. The molecule has 4 N–H and O–H groups in total. The average molecular weight is 442 g/mol. The van der Waals surface area contributed by atoms with Gasteiger partial charge in [0.2, 0.25) is 15.9 Å². The number of nitrogens with two attached hydrogens (primary N) is 1. The van der Waals surface area contributed by atoms with Crippen molar-refractivity contribution in [3.8, 4) is 0 Å². The molecule has 0 fully saturated rings. The lowest BCUT2D eigenvalue weighted by atomic mass is 10.2. The van der Waals surface area contributed by atoms with Crippen molar-refractivity contribution < 1.29 is 26.8 Å². The van der Waals surface area contributed by atoms with Crippen molar-refractivity contribution in [3.05, 3.63) is 59.7 Å². The van der Waals surface area contributed by atoms with Crippen LogP contribution in [0.15, 0.2) is 58.3 Å². The molecule has 0 bridgehead atoms. The van der Waals surface area contributed by atoms with Gasteiger partial charge in [0.25, 0.3) is 10.0 Å². The summed E-state index contributed by atoms with van der Waals surface area (Å²) in [6.45, 7) is 3.26. The lowest BCUT2D eigenvalue weighted by Crippen LogP contribution is -2.47. The first kappa shape index (κ1) is 23.0. The van der Waals surface area contributed by atoms with E-state index < -0.39 is 32.0 Å². The largest absolute Gasteiger partial charge is 0.368 e. The zero-order valence-electron chi connectivity index (χ0n) is 15.9. The van der Waals surface area contributed by atoms with Gasteiger partial charge >= 0.3 is 0 Å². The van der Waals surface area contributed by atoms with Gasteiger partial charge in [0.15, 0.2) is 0 Å². The second-order valence-corrected chi connectivity index (χ2v) is 10.1. The van der Waals surface area contributed by atoms with Gasteiger partial charge in [-0.25, -0.2) is 21.6 Å². The number of hydroxylamine groups is 1. The van der Waals surface area contributed by atoms with E-state index >= 15 is 0 Å². The molecule has 0 saturated carbocycles. The zero-order chi connectivity index (χ0) is 21.8. The predicted molar refractivity (Wildman–Crippen MR) is 106 cm³/mol. The average Bonchev–Trinajstić information content (AvgIpc) is 2.65. The highest BCUT2D eigenvalue weighted by Crippen LogP contribution is 2.18. The zero-order valence-corrected chi connectivity index (χ0v) is 17.6. The minimum Gasteiger partial charge on any atom is -0.368 e. The monoisotopic (exact) mass is 441 g/mol. The molecule has 0 aliphatic carbocycles. The predicted octanol–water partition coefficient (Wildman–Crippen LogP) is 0.906. The molecule has 2 rings (SSSR count). The van der Waals surface area contributed by atoms with Gasteiger partial charge in [0.1, 0.15) is 6.04 Å². The Labute approximate surface area is 170 Å². The van der Waals surface area contributed by atoms with E-state index in [0.717, 1.165) is 11.1 Å². The number of amides is 1. The number of benzene rings is 2. The van der Waals surface area contributed by atoms with Gasteiger partial charge in [0, 0.05) is 6.54 Å². The molecule has 0 aliphatic rings. The van der Waals surface area contributed by atoms with E-state index in [-0.39, 0.29) is 27.2 Å². The summed E-state index contributed by atoms with van der Waals surface area (Å²) < 4.78 is 51.8. The molecule has 0 aromatic heterocycles. The summed E-state index contributed by atoms with van der Waals surface area (Å²) in [6, 6.07) is 10.1. The maximum absolute atomic E-state index is 12.5. The van der Waals surface area contributed by atoms with Gasteiger partial charge in [-0.1, -0.05) is 39.9 Å². The van der Waals surface area contributed by atoms with Crippen molar-refractivity contribution in [2.45, 2.75) is 36.1 Å². The molecule has 0 aliphatic heterocycles. The molecule has 0 spiro atoms. The van der Waals surface area contributed by atoms with E-state index in [9.17, 15) is 26.8 Å². The molecular weight excluding hydrogens is 418 g/mol. The number of carbonyl (C=O) groups is 1. The van der Waals surface area contributed by atoms with E-state index in [0.29, 0.717) is 0 Å². The maximum Gasteiger partial charge on any atom is 0.265 e. The highest BCUT2D eigenvalue weighted by atomic mass is 32.2. The van der Waals surface area contributed by atoms with E-state index in [1.54, 1.807) is 19.1 Å². The Hall–Kier alpha value is -2.31. The Morgan fingerprint density at radius 2 is 1.41 bits per heavy atom. The summed E-state index contributed by atoms with van der Waals surface area (Å²) in [6.07, 6.45) is -0.359. The third-order valence-corrected chi connectivity index (χ3v) is 7.29. The van der Waals surface area contributed by atoms with Crippen LogP contribution in [0.4, 0.5) is 0 Å². The molecule has 0 unspecified atom stereocenters. The summed E-state index contributed by atoms with van der Waals surface area (Å²) in [4.78, 5) is 11.5. The topological polar surface area (TPSA) is 147 Å². The number of rotatable bonds is 9.